The van der Waals surface area contributed by atoms with E-state index >= 15 is 0 Å². The predicted octanol–water partition coefficient (Wildman–Crippen LogP) is 0.725. The molecule has 6 heteroatoms. The fourth-order valence-corrected chi connectivity index (χ4v) is 1.88. The van der Waals surface area contributed by atoms with Gasteiger partial charge in [-0.15, -0.1) is 0 Å². The Bertz CT molecular complexity index is 591. The summed E-state index contributed by atoms with van der Waals surface area (Å²) in [7, 11) is 0. The Morgan fingerprint density at radius 3 is 0.955 bits per heavy atom. The van der Waals surface area contributed by atoms with E-state index in [-0.39, 0.29) is 99.7 Å². The van der Waals surface area contributed by atoms with Crippen LogP contribution in [0.2, 0.25) is 0 Å². The first-order valence-corrected chi connectivity index (χ1v) is 5.75. The topological polar surface area (TPSA) is 80.3 Å². The molecule has 0 atom stereocenters. The number of carbonyl (C=O) groups excluding carboxylic acids is 2. The Morgan fingerprint density at radius 2 is 0.773 bits per heavy atom. The average molecular weight is 714 g/mol. The van der Waals surface area contributed by atoms with E-state index in [0.29, 0.717) is 0 Å². The minimum atomic E-state index is -0.500. The SMILES string of the molecule is O=C[O-].O=C[O-].[Fr+].[Fr+].c1ccc2cc3ccccc3cc2c1. The van der Waals surface area contributed by atoms with Crippen molar-refractivity contribution in [2.24, 2.45) is 0 Å². The van der Waals surface area contributed by atoms with E-state index < -0.39 is 12.9 Å². The Balaban J connectivity index is 0. The summed E-state index contributed by atoms with van der Waals surface area (Å²) >= 11 is 0. The van der Waals surface area contributed by atoms with Crippen LogP contribution in [-0.4, -0.2) is 12.9 Å². The molecule has 3 aromatic carbocycles. The summed E-state index contributed by atoms with van der Waals surface area (Å²) in [6, 6.07) is 21.4. The van der Waals surface area contributed by atoms with Crippen LogP contribution in [0.25, 0.3) is 21.5 Å². The van der Waals surface area contributed by atoms with Crippen LogP contribution >= 0.6 is 0 Å². The first-order valence-electron chi connectivity index (χ1n) is 5.75. The summed E-state index contributed by atoms with van der Waals surface area (Å²) in [6.07, 6.45) is 0. The second-order valence-electron chi connectivity index (χ2n) is 3.74. The maximum Gasteiger partial charge on any atom is 1.00 e. The van der Waals surface area contributed by atoms with E-state index in [1.165, 1.54) is 21.5 Å². The first kappa shape index (κ1) is 24.6. The van der Waals surface area contributed by atoms with Gasteiger partial charge in [0, 0.05) is 12.9 Å². The maximum absolute atomic E-state index is 8.25. The largest absolute Gasteiger partial charge is 1.00 e. The van der Waals surface area contributed by atoms with Crippen LogP contribution in [0.15, 0.2) is 60.7 Å². The molecule has 0 spiro atoms. The van der Waals surface area contributed by atoms with Crippen molar-refractivity contribution in [2.45, 2.75) is 0 Å². The molecule has 0 unspecified atom stereocenters. The van der Waals surface area contributed by atoms with Crippen LogP contribution in [0.3, 0.4) is 0 Å². The Kier molecular flexibility index (Phi) is 16.6. The van der Waals surface area contributed by atoms with E-state index in [0.717, 1.165) is 0 Å². The average Bonchev–Trinajstić information content (AvgIpc) is 2.47. The first-order chi connectivity index (χ1) is 9.76. The molecule has 0 saturated carbocycles. The minimum Gasteiger partial charge on any atom is -0.554 e. The van der Waals surface area contributed by atoms with Crippen LogP contribution in [-0.2, 0) is 9.59 Å². The van der Waals surface area contributed by atoms with Crippen LogP contribution < -0.4 is 10.2 Å². The van der Waals surface area contributed by atoms with Gasteiger partial charge in [-0.1, -0.05) is 48.5 Å². The molecule has 0 bridgehead atoms. The van der Waals surface area contributed by atoms with Gasteiger partial charge >= 0.3 is 99.7 Å². The van der Waals surface area contributed by atoms with Gasteiger partial charge in [-0.05, 0) is 33.7 Å². The van der Waals surface area contributed by atoms with E-state index in [1.807, 2.05) is 0 Å². The molecule has 0 aliphatic rings. The molecule has 4 nitrogen and oxygen atoms in total. The molecule has 0 aliphatic heterocycles. The van der Waals surface area contributed by atoms with Crippen molar-refractivity contribution in [2.75, 3.05) is 0 Å². The third-order valence-electron chi connectivity index (χ3n) is 2.61. The number of hydrogen-bond acceptors (Lipinski definition) is 4. The number of rotatable bonds is 0. The van der Waals surface area contributed by atoms with Crippen molar-refractivity contribution in [3.8, 4) is 0 Å². The molecule has 0 radical (unpaired) electrons. The van der Waals surface area contributed by atoms with Gasteiger partial charge in [0.1, 0.15) is 0 Å². The van der Waals surface area contributed by atoms with Crippen LogP contribution in [0.4, 0.5) is 0 Å². The van der Waals surface area contributed by atoms with Crippen molar-refractivity contribution in [1.82, 2.24) is 0 Å². The molecule has 0 aromatic heterocycles. The van der Waals surface area contributed by atoms with Crippen molar-refractivity contribution >= 4 is 34.5 Å². The molecule has 3 aromatic rings. The van der Waals surface area contributed by atoms with Crippen molar-refractivity contribution in [3.05, 3.63) is 60.7 Å². The van der Waals surface area contributed by atoms with Gasteiger partial charge < -0.3 is 19.8 Å². The molecule has 0 heterocycles. The van der Waals surface area contributed by atoms with Crippen molar-refractivity contribution in [3.63, 3.8) is 0 Å². The summed E-state index contributed by atoms with van der Waals surface area (Å²) in [6.45, 7) is -1.00. The number of carboxylic acid groups (broad SMARTS) is 2. The van der Waals surface area contributed by atoms with Gasteiger partial charge in [-0.3, -0.25) is 0 Å². The Hall–Kier alpha value is 0.315. The fraction of sp³-hybridized carbons (Fsp3) is 0. The summed E-state index contributed by atoms with van der Waals surface area (Å²) < 4.78 is 0. The van der Waals surface area contributed by atoms with E-state index in [2.05, 4.69) is 60.7 Å². The zero-order valence-corrected chi connectivity index (χ0v) is 29.0. The van der Waals surface area contributed by atoms with E-state index in [4.69, 9.17) is 19.8 Å². The standard InChI is InChI=1S/C14H10.2CH2O2.2Fr/c1-2-6-12-10-14-8-4-3-7-13(14)9-11(12)5-1;2*2-1-3;;/h1-10H;2*1H,(H,2,3);;/q;;;2*+1/p-2. The summed E-state index contributed by atoms with van der Waals surface area (Å²) in [5.74, 6) is 0. The van der Waals surface area contributed by atoms with Gasteiger partial charge in [0.2, 0.25) is 0 Å². The Morgan fingerprint density at radius 1 is 0.591 bits per heavy atom. The van der Waals surface area contributed by atoms with Gasteiger partial charge in [0.15, 0.2) is 0 Å². The molecule has 0 N–H and O–H groups in total. The number of benzene rings is 3. The third kappa shape index (κ3) is 8.25. The monoisotopic (exact) mass is 714 g/mol. The molecular formula is C16H12Fr2O4. The smallest absolute Gasteiger partial charge is 0.554 e. The van der Waals surface area contributed by atoms with Gasteiger partial charge in [0.05, 0.1) is 0 Å². The molecule has 102 valence electrons. The quantitative estimate of drug-likeness (QED) is 0.254. The molecule has 22 heavy (non-hydrogen) atoms. The van der Waals surface area contributed by atoms with Crippen LogP contribution in [0, 0.1) is 99.7 Å². The normalized spacial score (nSPS) is 8.00. The zero-order chi connectivity index (χ0) is 14.8. The molecule has 0 aliphatic carbocycles. The Labute approximate surface area is 210 Å². The van der Waals surface area contributed by atoms with Crippen LogP contribution in [0.5, 0.6) is 0 Å². The van der Waals surface area contributed by atoms with E-state index in [1.54, 1.807) is 0 Å². The summed E-state index contributed by atoms with van der Waals surface area (Å²) in [4.78, 5) is 16.5. The molecule has 0 saturated heterocycles. The fourth-order valence-electron chi connectivity index (χ4n) is 1.88. The molecule has 0 fully saturated rings. The minimum absolute atomic E-state index is 0. The van der Waals surface area contributed by atoms with Gasteiger partial charge in [-0.25, -0.2) is 0 Å². The van der Waals surface area contributed by atoms with Crippen molar-refractivity contribution < 1.29 is 120 Å². The molecular weight excluding hydrogens is 702 g/mol. The number of fused-ring (bicyclic) bond motifs is 2. The number of carbonyl (C=O) groups is 2. The molecule has 3 rings (SSSR count). The van der Waals surface area contributed by atoms with Gasteiger partial charge in [0.25, 0.3) is 0 Å². The second-order valence-corrected chi connectivity index (χ2v) is 3.74. The van der Waals surface area contributed by atoms with E-state index in [9.17, 15) is 0 Å². The summed E-state index contributed by atoms with van der Waals surface area (Å²) in [5.41, 5.74) is 0. The third-order valence-corrected chi connectivity index (χ3v) is 2.61. The van der Waals surface area contributed by atoms with Crippen molar-refractivity contribution in [1.29, 1.82) is 0 Å². The predicted molar refractivity (Wildman–Crippen MR) is 73.6 cm³/mol. The maximum atomic E-state index is 8.25. The second kappa shape index (κ2) is 14.9. The summed E-state index contributed by atoms with van der Waals surface area (Å²) in [5, 5.41) is 21.7. The number of hydrogen-bond donors (Lipinski definition) is 0. The molecule has 0 amide bonds. The zero-order valence-electron chi connectivity index (χ0n) is 12.6. The van der Waals surface area contributed by atoms with Crippen LogP contribution in [0.1, 0.15) is 0 Å². The van der Waals surface area contributed by atoms with Gasteiger partial charge in [-0.2, -0.15) is 0 Å².